The summed E-state index contributed by atoms with van der Waals surface area (Å²) < 4.78 is 15.1. The van der Waals surface area contributed by atoms with E-state index < -0.39 is 11.8 Å². The van der Waals surface area contributed by atoms with E-state index in [9.17, 15) is 14.4 Å². The largest absolute Gasteiger partial charge is 0.478 e. The summed E-state index contributed by atoms with van der Waals surface area (Å²) in [6, 6.07) is 11.0. The van der Waals surface area contributed by atoms with Gasteiger partial charge in [0, 0.05) is 32.5 Å². The summed E-state index contributed by atoms with van der Waals surface area (Å²) in [6.07, 6.45) is 3.73. The Balaban J connectivity index is 0.00000176. The van der Waals surface area contributed by atoms with Gasteiger partial charge in [0.2, 0.25) is 12.3 Å². The number of halogens is 1. The first-order valence-electron chi connectivity index (χ1n) is 12.3. The van der Waals surface area contributed by atoms with Gasteiger partial charge in [-0.2, -0.15) is 5.10 Å². The third kappa shape index (κ3) is 6.47. The second-order valence-corrected chi connectivity index (χ2v) is 8.80. The molecule has 2 fully saturated rings. The Morgan fingerprint density at radius 2 is 1.81 bits per heavy atom. The van der Waals surface area contributed by atoms with E-state index in [4.69, 9.17) is 5.11 Å². The zero-order chi connectivity index (χ0) is 26.2. The van der Waals surface area contributed by atoms with Gasteiger partial charge in [0.15, 0.2) is 0 Å². The fourth-order valence-corrected chi connectivity index (χ4v) is 4.31. The van der Waals surface area contributed by atoms with Crippen molar-refractivity contribution < 1.29 is 23.9 Å². The second-order valence-electron chi connectivity index (χ2n) is 8.80. The summed E-state index contributed by atoms with van der Waals surface area (Å²) in [7, 11) is 1.69. The average molecular weight is 497 g/mol. The van der Waals surface area contributed by atoms with Crippen molar-refractivity contribution >= 4 is 29.8 Å². The number of likely N-dealkylation sites (tertiary alicyclic amines) is 1. The lowest BCUT2D eigenvalue weighted by atomic mass is 10.0. The maximum atomic E-state index is 15.1. The van der Waals surface area contributed by atoms with Gasteiger partial charge in [-0.15, -0.1) is 0 Å². The molecular weight excluding hydrogens is 463 g/mol. The molecule has 1 unspecified atom stereocenters. The number of hydrogen-bond donors (Lipinski definition) is 2. The molecule has 0 radical (unpaired) electrons. The number of hydrazone groups is 1. The van der Waals surface area contributed by atoms with Crippen LogP contribution in [0.25, 0.3) is 11.1 Å². The van der Waals surface area contributed by atoms with E-state index >= 15 is 4.39 Å². The fourth-order valence-electron chi connectivity index (χ4n) is 4.31. The van der Waals surface area contributed by atoms with Crippen molar-refractivity contribution in [1.29, 1.82) is 0 Å². The SMILES string of the molecule is CC.CN(/C(CC1CCN(C(=O)C2CC2)C1)=N\NC=O)c1ccc(-c2ccc(C(=O)O)cc2)cc1F. The summed E-state index contributed by atoms with van der Waals surface area (Å²) in [6.45, 7) is 5.35. The van der Waals surface area contributed by atoms with E-state index in [-0.39, 0.29) is 23.3 Å². The second kappa shape index (κ2) is 12.3. The topological polar surface area (TPSA) is 102 Å². The first-order chi connectivity index (χ1) is 17.4. The lowest BCUT2D eigenvalue weighted by Gasteiger charge is -2.24. The molecule has 1 saturated heterocycles. The van der Waals surface area contributed by atoms with Crippen LogP contribution in [0.4, 0.5) is 10.1 Å². The fraction of sp³-hybridized carbons (Fsp3) is 0.407. The van der Waals surface area contributed by atoms with Gasteiger partial charge in [-0.1, -0.05) is 32.0 Å². The van der Waals surface area contributed by atoms with Crippen molar-refractivity contribution in [3.63, 3.8) is 0 Å². The number of nitrogens with one attached hydrogen (secondary N) is 1. The Morgan fingerprint density at radius 3 is 2.39 bits per heavy atom. The molecule has 4 rings (SSSR count). The number of carboxylic acid groups (broad SMARTS) is 1. The minimum absolute atomic E-state index is 0.161. The van der Waals surface area contributed by atoms with Crippen LogP contribution < -0.4 is 10.3 Å². The number of aromatic carboxylic acids is 1. The summed E-state index contributed by atoms with van der Waals surface area (Å²) in [5, 5.41) is 13.2. The maximum absolute atomic E-state index is 15.1. The Bertz CT molecular complexity index is 1120. The Morgan fingerprint density at radius 1 is 1.14 bits per heavy atom. The van der Waals surface area contributed by atoms with Gasteiger partial charge in [-0.25, -0.2) is 14.6 Å². The highest BCUT2D eigenvalue weighted by Crippen LogP contribution is 2.34. The molecule has 36 heavy (non-hydrogen) atoms. The number of nitrogens with zero attached hydrogens (tertiary/aromatic N) is 3. The molecule has 9 heteroatoms. The van der Waals surface area contributed by atoms with E-state index in [0.717, 1.165) is 19.3 Å². The highest BCUT2D eigenvalue weighted by Gasteiger charge is 2.37. The van der Waals surface area contributed by atoms with Crippen molar-refractivity contribution in [1.82, 2.24) is 10.3 Å². The average Bonchev–Trinajstić information content (AvgIpc) is 3.65. The number of rotatable bonds is 8. The minimum Gasteiger partial charge on any atom is -0.478 e. The highest BCUT2D eigenvalue weighted by atomic mass is 19.1. The van der Waals surface area contributed by atoms with Crippen molar-refractivity contribution in [3.05, 3.63) is 53.8 Å². The van der Waals surface area contributed by atoms with Gasteiger partial charge in [-0.3, -0.25) is 9.59 Å². The summed E-state index contributed by atoms with van der Waals surface area (Å²) >= 11 is 0. The molecule has 2 N–H and O–H groups in total. The molecule has 2 aromatic rings. The number of carbonyl (C=O) groups excluding carboxylic acids is 2. The summed E-state index contributed by atoms with van der Waals surface area (Å²) in [4.78, 5) is 37.8. The molecule has 1 aliphatic carbocycles. The number of hydrogen-bond acceptors (Lipinski definition) is 4. The molecule has 8 nitrogen and oxygen atoms in total. The third-order valence-corrected chi connectivity index (χ3v) is 6.40. The Hall–Kier alpha value is -3.75. The highest BCUT2D eigenvalue weighted by molar-refractivity contribution is 5.98. The van der Waals surface area contributed by atoms with Gasteiger partial charge >= 0.3 is 5.97 Å². The molecule has 0 bridgehead atoms. The lowest BCUT2D eigenvalue weighted by molar-refractivity contribution is -0.131. The quantitative estimate of drug-likeness (QED) is 0.245. The van der Waals surface area contributed by atoms with Crippen LogP contribution in [0.5, 0.6) is 0 Å². The molecule has 0 aromatic heterocycles. The van der Waals surface area contributed by atoms with Crippen molar-refractivity contribution in [2.45, 2.75) is 39.5 Å². The number of anilines is 1. The summed E-state index contributed by atoms with van der Waals surface area (Å²) in [5.74, 6) is -0.425. The maximum Gasteiger partial charge on any atom is 0.335 e. The Labute approximate surface area is 210 Å². The zero-order valence-electron chi connectivity index (χ0n) is 20.9. The van der Waals surface area contributed by atoms with E-state index in [1.165, 1.54) is 18.2 Å². The van der Waals surface area contributed by atoms with Gasteiger partial charge in [-0.05, 0) is 60.6 Å². The van der Waals surface area contributed by atoms with Crippen molar-refractivity contribution in [3.8, 4) is 11.1 Å². The standard InChI is InChI=1S/C25H27FN4O4.C2H6/c1-29(22-9-8-20(13-21(22)26)17-2-6-19(7-3-17)25(33)34)23(28-27-15-31)12-16-10-11-30(14-16)24(32)18-4-5-18;1-2/h2-3,6-9,13,15-16,18H,4-5,10-12,14H2,1H3,(H,27,31)(H,33,34);1-2H3/b28-23-;. The van der Waals surface area contributed by atoms with Crippen LogP contribution >= 0.6 is 0 Å². The van der Waals surface area contributed by atoms with Crippen LogP contribution in [0, 0.1) is 17.7 Å². The monoisotopic (exact) mass is 496 g/mol. The number of benzene rings is 2. The molecule has 192 valence electrons. The van der Waals surface area contributed by atoms with Crippen molar-refractivity contribution in [2.24, 2.45) is 16.9 Å². The van der Waals surface area contributed by atoms with Crippen molar-refractivity contribution in [2.75, 3.05) is 25.0 Å². The Kier molecular flexibility index (Phi) is 9.16. The molecule has 1 saturated carbocycles. The lowest BCUT2D eigenvalue weighted by Crippen LogP contribution is -2.33. The van der Waals surface area contributed by atoms with Gasteiger partial charge in [0.1, 0.15) is 11.7 Å². The van der Waals surface area contributed by atoms with Crippen LogP contribution in [-0.4, -0.2) is 54.3 Å². The molecule has 1 aliphatic heterocycles. The minimum atomic E-state index is -1.02. The molecule has 0 spiro atoms. The molecule has 1 heterocycles. The van der Waals surface area contributed by atoms with Crippen LogP contribution in [0.1, 0.15) is 49.9 Å². The van der Waals surface area contributed by atoms with E-state index in [1.807, 2.05) is 18.7 Å². The van der Waals surface area contributed by atoms with E-state index in [1.54, 1.807) is 36.2 Å². The number of carbonyl (C=O) groups is 3. The van der Waals surface area contributed by atoms with Crippen LogP contribution in [-0.2, 0) is 9.59 Å². The third-order valence-electron chi connectivity index (χ3n) is 6.40. The predicted octanol–water partition coefficient (Wildman–Crippen LogP) is 4.36. The molecule has 2 aliphatic rings. The first kappa shape index (κ1) is 26.8. The zero-order valence-corrected chi connectivity index (χ0v) is 20.9. The van der Waals surface area contributed by atoms with Crippen LogP contribution in [0.15, 0.2) is 47.6 Å². The first-order valence-corrected chi connectivity index (χ1v) is 12.3. The normalized spacial score (nSPS) is 17.2. The van der Waals surface area contributed by atoms with E-state index in [0.29, 0.717) is 48.6 Å². The smallest absolute Gasteiger partial charge is 0.335 e. The molecular formula is C27H33FN4O4. The number of carboxylic acids is 1. The molecule has 2 amide bonds. The van der Waals surface area contributed by atoms with Crippen LogP contribution in [0.2, 0.25) is 0 Å². The number of amides is 2. The summed E-state index contributed by atoms with van der Waals surface area (Å²) in [5.41, 5.74) is 4.08. The van der Waals surface area contributed by atoms with Crippen LogP contribution in [0.3, 0.4) is 0 Å². The molecule has 2 aromatic carbocycles. The molecule has 1 atom stereocenters. The predicted molar refractivity (Wildman–Crippen MR) is 137 cm³/mol. The van der Waals surface area contributed by atoms with Gasteiger partial charge in [0.05, 0.1) is 11.3 Å². The van der Waals surface area contributed by atoms with E-state index in [2.05, 4.69) is 10.5 Å². The van der Waals surface area contributed by atoms with Gasteiger partial charge in [0.25, 0.3) is 0 Å². The number of amidine groups is 1. The van der Waals surface area contributed by atoms with Gasteiger partial charge < -0.3 is 14.9 Å².